The van der Waals surface area contributed by atoms with Gasteiger partial charge in [0, 0.05) is 5.75 Å². The second kappa shape index (κ2) is 6.50. The van der Waals surface area contributed by atoms with Gasteiger partial charge in [0.2, 0.25) is 0 Å². The van der Waals surface area contributed by atoms with Crippen LogP contribution in [0, 0.1) is 5.92 Å². The standard InChI is InChI=1S/C9H17NS/c1-5-9(3)11-7-8(2)6-10-4/h5,8,10H,1,3,6-7H2,2,4H3. The maximum Gasteiger partial charge on any atom is 0.00176 e. The average Bonchev–Trinajstić information content (AvgIpc) is 2.01. The van der Waals surface area contributed by atoms with Crippen LogP contribution in [-0.4, -0.2) is 19.3 Å². The van der Waals surface area contributed by atoms with Gasteiger partial charge in [-0.25, -0.2) is 0 Å². The molecule has 1 nitrogen and oxygen atoms in total. The second-order valence-electron chi connectivity index (χ2n) is 2.64. The molecule has 0 saturated carbocycles. The number of hydrogen-bond donors (Lipinski definition) is 1. The summed E-state index contributed by atoms with van der Waals surface area (Å²) in [4.78, 5) is 1.06. The van der Waals surface area contributed by atoms with Gasteiger partial charge >= 0.3 is 0 Å². The smallest absolute Gasteiger partial charge is 0.00176 e. The Morgan fingerprint density at radius 1 is 1.73 bits per heavy atom. The molecule has 0 spiro atoms. The highest BCUT2D eigenvalue weighted by molar-refractivity contribution is 8.03. The molecule has 1 atom stereocenters. The molecule has 0 aliphatic rings. The number of hydrogen-bond acceptors (Lipinski definition) is 2. The summed E-state index contributed by atoms with van der Waals surface area (Å²) in [5.74, 6) is 1.81. The van der Waals surface area contributed by atoms with E-state index in [1.165, 1.54) is 0 Å². The highest BCUT2D eigenvalue weighted by Crippen LogP contribution is 2.16. The molecule has 1 N–H and O–H groups in total. The second-order valence-corrected chi connectivity index (χ2v) is 3.79. The van der Waals surface area contributed by atoms with E-state index in [0.717, 1.165) is 17.2 Å². The van der Waals surface area contributed by atoms with Crippen molar-refractivity contribution in [3.05, 3.63) is 24.1 Å². The van der Waals surface area contributed by atoms with Crippen LogP contribution in [-0.2, 0) is 0 Å². The van der Waals surface area contributed by atoms with E-state index in [1.54, 1.807) is 17.8 Å². The zero-order chi connectivity index (χ0) is 8.69. The first kappa shape index (κ1) is 10.8. The fourth-order valence-corrected chi connectivity index (χ4v) is 1.45. The van der Waals surface area contributed by atoms with Crippen molar-refractivity contribution in [2.24, 2.45) is 5.92 Å². The van der Waals surface area contributed by atoms with E-state index in [2.05, 4.69) is 25.4 Å². The van der Waals surface area contributed by atoms with Crippen LogP contribution >= 0.6 is 11.8 Å². The summed E-state index contributed by atoms with van der Waals surface area (Å²) in [5.41, 5.74) is 0. The average molecular weight is 171 g/mol. The van der Waals surface area contributed by atoms with Crippen LogP contribution in [0.3, 0.4) is 0 Å². The third-order valence-corrected chi connectivity index (χ3v) is 2.61. The topological polar surface area (TPSA) is 12.0 Å². The number of nitrogens with one attached hydrogen (secondary N) is 1. The van der Waals surface area contributed by atoms with Crippen LogP contribution in [0.4, 0.5) is 0 Å². The summed E-state index contributed by atoms with van der Waals surface area (Å²) in [5, 5.41) is 3.14. The summed E-state index contributed by atoms with van der Waals surface area (Å²) in [6.45, 7) is 10.8. The first-order chi connectivity index (χ1) is 5.20. The molecule has 0 rings (SSSR count). The van der Waals surface area contributed by atoms with E-state index >= 15 is 0 Å². The molecule has 0 fully saturated rings. The lowest BCUT2D eigenvalue weighted by atomic mass is 10.2. The number of thioether (sulfide) groups is 1. The lowest BCUT2D eigenvalue weighted by Crippen LogP contribution is -2.17. The van der Waals surface area contributed by atoms with Gasteiger partial charge in [-0.15, -0.1) is 11.8 Å². The van der Waals surface area contributed by atoms with Crippen LogP contribution in [0.25, 0.3) is 0 Å². The van der Waals surface area contributed by atoms with E-state index < -0.39 is 0 Å². The van der Waals surface area contributed by atoms with E-state index in [1.807, 2.05) is 7.05 Å². The monoisotopic (exact) mass is 171 g/mol. The summed E-state index contributed by atoms with van der Waals surface area (Å²) >= 11 is 1.77. The Balaban J connectivity index is 3.37. The molecule has 0 aliphatic heterocycles. The zero-order valence-electron chi connectivity index (χ0n) is 7.39. The molecule has 0 amide bonds. The van der Waals surface area contributed by atoms with Gasteiger partial charge in [-0.1, -0.05) is 26.2 Å². The van der Waals surface area contributed by atoms with E-state index in [9.17, 15) is 0 Å². The summed E-state index contributed by atoms with van der Waals surface area (Å²) in [6.07, 6.45) is 1.80. The SMILES string of the molecule is C=CC(=C)SCC(C)CNC. The van der Waals surface area contributed by atoms with Crippen LogP contribution in [0.15, 0.2) is 24.1 Å². The van der Waals surface area contributed by atoms with Crippen molar-refractivity contribution in [1.29, 1.82) is 0 Å². The molecule has 2 heteroatoms. The van der Waals surface area contributed by atoms with Gasteiger partial charge in [0.15, 0.2) is 0 Å². The largest absolute Gasteiger partial charge is 0.319 e. The lowest BCUT2D eigenvalue weighted by Gasteiger charge is -2.09. The highest BCUT2D eigenvalue weighted by atomic mass is 32.2. The minimum Gasteiger partial charge on any atom is -0.319 e. The van der Waals surface area contributed by atoms with Crippen molar-refractivity contribution in [1.82, 2.24) is 5.32 Å². The Hall–Kier alpha value is -0.210. The van der Waals surface area contributed by atoms with Crippen molar-refractivity contribution < 1.29 is 0 Å². The van der Waals surface area contributed by atoms with Gasteiger partial charge in [0.25, 0.3) is 0 Å². The van der Waals surface area contributed by atoms with Crippen molar-refractivity contribution >= 4 is 11.8 Å². The molecule has 0 heterocycles. The fraction of sp³-hybridized carbons (Fsp3) is 0.556. The Morgan fingerprint density at radius 3 is 2.82 bits per heavy atom. The van der Waals surface area contributed by atoms with Crippen LogP contribution in [0.5, 0.6) is 0 Å². The van der Waals surface area contributed by atoms with Crippen LogP contribution < -0.4 is 5.32 Å². The normalized spacial score (nSPS) is 12.5. The molecule has 0 radical (unpaired) electrons. The molecule has 0 bridgehead atoms. The summed E-state index contributed by atoms with van der Waals surface area (Å²) in [7, 11) is 1.98. The van der Waals surface area contributed by atoms with Crippen molar-refractivity contribution in [2.75, 3.05) is 19.3 Å². The maximum absolute atomic E-state index is 3.83. The number of rotatable bonds is 6. The van der Waals surface area contributed by atoms with Gasteiger partial charge in [-0.05, 0) is 24.4 Å². The van der Waals surface area contributed by atoms with E-state index in [0.29, 0.717) is 5.92 Å². The molecule has 1 unspecified atom stereocenters. The maximum atomic E-state index is 3.83. The van der Waals surface area contributed by atoms with Crippen LogP contribution in [0.1, 0.15) is 6.92 Å². The Labute approximate surface area is 74.0 Å². The van der Waals surface area contributed by atoms with E-state index in [4.69, 9.17) is 0 Å². The van der Waals surface area contributed by atoms with Gasteiger partial charge < -0.3 is 5.32 Å². The molecule has 0 aliphatic carbocycles. The Kier molecular flexibility index (Phi) is 6.37. The molecule has 0 saturated heterocycles. The first-order valence-electron chi connectivity index (χ1n) is 3.79. The third kappa shape index (κ3) is 6.20. The van der Waals surface area contributed by atoms with Gasteiger partial charge in [0.05, 0.1) is 0 Å². The lowest BCUT2D eigenvalue weighted by molar-refractivity contribution is 0.604. The van der Waals surface area contributed by atoms with Crippen molar-refractivity contribution in [3.8, 4) is 0 Å². The zero-order valence-corrected chi connectivity index (χ0v) is 8.21. The predicted octanol–water partition coefficient (Wildman–Crippen LogP) is 2.27. The van der Waals surface area contributed by atoms with Gasteiger partial charge in [-0.3, -0.25) is 0 Å². The van der Waals surface area contributed by atoms with Gasteiger partial charge in [-0.2, -0.15) is 0 Å². The molecule has 0 aromatic heterocycles. The molecule has 11 heavy (non-hydrogen) atoms. The van der Waals surface area contributed by atoms with Gasteiger partial charge in [0.1, 0.15) is 0 Å². The minimum atomic E-state index is 0.696. The fourth-order valence-electron chi connectivity index (χ4n) is 0.716. The van der Waals surface area contributed by atoms with E-state index in [-0.39, 0.29) is 0 Å². The molecule has 64 valence electrons. The third-order valence-electron chi connectivity index (χ3n) is 1.33. The Morgan fingerprint density at radius 2 is 2.36 bits per heavy atom. The quantitative estimate of drug-likeness (QED) is 0.615. The van der Waals surface area contributed by atoms with Crippen LogP contribution in [0.2, 0.25) is 0 Å². The molecule has 0 aromatic rings. The highest BCUT2D eigenvalue weighted by Gasteiger charge is 1.99. The van der Waals surface area contributed by atoms with Crippen molar-refractivity contribution in [3.63, 3.8) is 0 Å². The van der Waals surface area contributed by atoms with Crippen molar-refractivity contribution in [2.45, 2.75) is 6.92 Å². The first-order valence-corrected chi connectivity index (χ1v) is 4.78. The summed E-state index contributed by atoms with van der Waals surface area (Å²) < 4.78 is 0. The Bertz CT molecular complexity index is 132. The number of allylic oxidation sites excluding steroid dienone is 1. The predicted molar refractivity (Wildman–Crippen MR) is 54.9 cm³/mol. The molecular weight excluding hydrogens is 154 g/mol. The molecular formula is C9H17NS. The minimum absolute atomic E-state index is 0.696. The summed E-state index contributed by atoms with van der Waals surface area (Å²) in [6, 6.07) is 0. The molecule has 0 aromatic carbocycles.